The monoisotopic (exact) mass is 325 g/mol. The fraction of sp³-hybridized carbons (Fsp3) is 0.500. The standard InChI is InChI=1S/C16H23N3O2.ClH/c1-16(2)15(21)18-10-11-19(16)14(20)9-8-13(17)12-6-4-3-5-7-12;/h3-7,13H,8-11,17H2,1-2H3,(H,18,21);1H. The maximum Gasteiger partial charge on any atom is 0.245 e. The molecule has 22 heavy (non-hydrogen) atoms. The Morgan fingerprint density at radius 1 is 1.36 bits per heavy atom. The van der Waals surface area contributed by atoms with Gasteiger partial charge in [-0.2, -0.15) is 0 Å². The van der Waals surface area contributed by atoms with Gasteiger partial charge in [0.1, 0.15) is 5.54 Å². The second-order valence-corrected chi connectivity index (χ2v) is 5.92. The molecule has 1 aromatic rings. The average Bonchev–Trinajstić information content (AvgIpc) is 2.48. The highest BCUT2D eigenvalue weighted by molar-refractivity contribution is 5.91. The topological polar surface area (TPSA) is 75.4 Å². The van der Waals surface area contributed by atoms with Gasteiger partial charge in [-0.25, -0.2) is 0 Å². The zero-order valence-corrected chi connectivity index (χ0v) is 13.9. The Morgan fingerprint density at radius 3 is 2.64 bits per heavy atom. The Hall–Kier alpha value is -1.59. The molecule has 6 heteroatoms. The van der Waals surface area contributed by atoms with Crippen LogP contribution < -0.4 is 11.1 Å². The van der Waals surface area contributed by atoms with Crippen LogP contribution in [-0.4, -0.2) is 35.3 Å². The van der Waals surface area contributed by atoms with Crippen molar-refractivity contribution in [1.29, 1.82) is 0 Å². The van der Waals surface area contributed by atoms with Crippen molar-refractivity contribution in [2.75, 3.05) is 13.1 Å². The van der Waals surface area contributed by atoms with Crippen LogP contribution in [0, 0.1) is 0 Å². The number of halogens is 1. The molecule has 3 N–H and O–H groups in total. The highest BCUT2D eigenvalue weighted by Gasteiger charge is 2.40. The summed E-state index contributed by atoms with van der Waals surface area (Å²) in [4.78, 5) is 25.9. The molecular formula is C16H24ClN3O2. The number of benzene rings is 1. The first-order valence-corrected chi connectivity index (χ1v) is 7.32. The van der Waals surface area contributed by atoms with E-state index in [9.17, 15) is 9.59 Å². The van der Waals surface area contributed by atoms with Crippen LogP contribution in [0.2, 0.25) is 0 Å². The first kappa shape index (κ1) is 18.5. The maximum atomic E-state index is 12.4. The van der Waals surface area contributed by atoms with E-state index in [1.165, 1.54) is 0 Å². The van der Waals surface area contributed by atoms with E-state index in [0.29, 0.717) is 25.9 Å². The van der Waals surface area contributed by atoms with Gasteiger partial charge in [-0.1, -0.05) is 30.3 Å². The molecule has 1 unspecified atom stereocenters. The zero-order chi connectivity index (χ0) is 15.5. The molecule has 2 rings (SSSR count). The van der Waals surface area contributed by atoms with Crippen LogP contribution in [0.25, 0.3) is 0 Å². The zero-order valence-electron chi connectivity index (χ0n) is 13.0. The average molecular weight is 326 g/mol. The summed E-state index contributed by atoms with van der Waals surface area (Å²) in [5.41, 5.74) is 6.36. The van der Waals surface area contributed by atoms with E-state index in [1.54, 1.807) is 18.7 Å². The van der Waals surface area contributed by atoms with E-state index in [2.05, 4.69) is 5.32 Å². The molecular weight excluding hydrogens is 302 g/mol. The number of hydrogen-bond donors (Lipinski definition) is 2. The van der Waals surface area contributed by atoms with E-state index < -0.39 is 5.54 Å². The molecule has 2 amide bonds. The van der Waals surface area contributed by atoms with E-state index >= 15 is 0 Å². The van der Waals surface area contributed by atoms with Gasteiger partial charge in [0.2, 0.25) is 11.8 Å². The number of hydrogen-bond acceptors (Lipinski definition) is 3. The number of nitrogens with zero attached hydrogens (tertiary/aromatic N) is 1. The molecule has 1 atom stereocenters. The molecule has 1 aromatic carbocycles. The number of piperazine rings is 1. The van der Waals surface area contributed by atoms with Crippen molar-refractivity contribution in [2.45, 2.75) is 38.3 Å². The van der Waals surface area contributed by atoms with E-state index in [4.69, 9.17) is 5.73 Å². The highest BCUT2D eigenvalue weighted by Crippen LogP contribution is 2.21. The molecule has 0 aromatic heterocycles. The largest absolute Gasteiger partial charge is 0.352 e. The van der Waals surface area contributed by atoms with Crippen LogP contribution in [0.1, 0.15) is 38.3 Å². The van der Waals surface area contributed by atoms with Gasteiger partial charge in [-0.15, -0.1) is 12.4 Å². The summed E-state index contributed by atoms with van der Waals surface area (Å²) in [6, 6.07) is 9.60. The Morgan fingerprint density at radius 2 is 2.00 bits per heavy atom. The number of nitrogens with one attached hydrogen (secondary N) is 1. The fourth-order valence-electron chi connectivity index (χ4n) is 2.62. The minimum absolute atomic E-state index is 0. The summed E-state index contributed by atoms with van der Waals surface area (Å²) in [6.45, 7) is 4.62. The molecule has 1 aliphatic heterocycles. The molecule has 122 valence electrons. The Kier molecular flexibility index (Phi) is 6.38. The number of rotatable bonds is 4. The van der Waals surface area contributed by atoms with Crippen molar-refractivity contribution >= 4 is 24.2 Å². The predicted octanol–water partition coefficient (Wildman–Crippen LogP) is 1.63. The van der Waals surface area contributed by atoms with Crippen molar-refractivity contribution in [3.63, 3.8) is 0 Å². The van der Waals surface area contributed by atoms with Crippen molar-refractivity contribution < 1.29 is 9.59 Å². The SMILES string of the molecule is CC1(C)C(=O)NCCN1C(=O)CCC(N)c1ccccc1.Cl. The van der Waals surface area contributed by atoms with Gasteiger partial charge in [-0.3, -0.25) is 9.59 Å². The fourth-order valence-corrected chi connectivity index (χ4v) is 2.62. The third-order valence-corrected chi connectivity index (χ3v) is 4.05. The van der Waals surface area contributed by atoms with Crippen LogP contribution in [0.5, 0.6) is 0 Å². The molecule has 1 fully saturated rings. The minimum Gasteiger partial charge on any atom is -0.352 e. The molecule has 1 saturated heterocycles. The molecule has 0 saturated carbocycles. The summed E-state index contributed by atoms with van der Waals surface area (Å²) < 4.78 is 0. The van der Waals surface area contributed by atoms with Gasteiger partial charge in [0.05, 0.1) is 0 Å². The number of carbonyl (C=O) groups excluding carboxylic acids is 2. The highest BCUT2D eigenvalue weighted by atomic mass is 35.5. The Labute approximate surface area is 137 Å². The molecule has 1 heterocycles. The van der Waals surface area contributed by atoms with E-state index in [0.717, 1.165) is 5.56 Å². The molecule has 5 nitrogen and oxygen atoms in total. The quantitative estimate of drug-likeness (QED) is 0.883. The van der Waals surface area contributed by atoms with Crippen LogP contribution in [0.15, 0.2) is 30.3 Å². The van der Waals surface area contributed by atoms with Crippen LogP contribution in [-0.2, 0) is 9.59 Å². The van der Waals surface area contributed by atoms with E-state index in [-0.39, 0.29) is 30.3 Å². The summed E-state index contributed by atoms with van der Waals surface area (Å²) in [5, 5.41) is 2.79. The van der Waals surface area contributed by atoms with E-state index in [1.807, 2.05) is 30.3 Å². The lowest BCUT2D eigenvalue weighted by molar-refractivity contribution is -0.149. The summed E-state index contributed by atoms with van der Waals surface area (Å²) in [7, 11) is 0. The van der Waals surface area contributed by atoms with Crippen LogP contribution in [0.3, 0.4) is 0 Å². The van der Waals surface area contributed by atoms with Crippen molar-refractivity contribution in [2.24, 2.45) is 5.73 Å². The van der Waals surface area contributed by atoms with Crippen molar-refractivity contribution in [3.05, 3.63) is 35.9 Å². The molecule has 0 spiro atoms. The first-order chi connectivity index (χ1) is 9.93. The normalized spacial score (nSPS) is 18.1. The second kappa shape index (κ2) is 7.61. The lowest BCUT2D eigenvalue weighted by atomic mass is 9.97. The van der Waals surface area contributed by atoms with Crippen LogP contribution >= 0.6 is 12.4 Å². The first-order valence-electron chi connectivity index (χ1n) is 7.32. The number of carbonyl (C=O) groups is 2. The number of nitrogens with two attached hydrogens (primary N) is 1. The maximum absolute atomic E-state index is 12.4. The van der Waals surface area contributed by atoms with Gasteiger partial charge in [0.25, 0.3) is 0 Å². The lowest BCUT2D eigenvalue weighted by Gasteiger charge is -2.41. The molecule has 0 radical (unpaired) electrons. The van der Waals surface area contributed by atoms with Gasteiger partial charge in [0, 0.05) is 25.6 Å². The Balaban J connectivity index is 0.00000242. The van der Waals surface area contributed by atoms with Crippen molar-refractivity contribution in [3.8, 4) is 0 Å². The van der Waals surface area contributed by atoms with Gasteiger partial charge < -0.3 is 16.0 Å². The number of amides is 2. The third kappa shape index (κ3) is 3.99. The second-order valence-electron chi connectivity index (χ2n) is 5.92. The van der Waals surface area contributed by atoms with Crippen LogP contribution in [0.4, 0.5) is 0 Å². The van der Waals surface area contributed by atoms with Crippen molar-refractivity contribution in [1.82, 2.24) is 10.2 Å². The predicted molar refractivity (Wildman–Crippen MR) is 88.7 cm³/mol. The molecule has 1 aliphatic rings. The van der Waals surface area contributed by atoms with Gasteiger partial charge >= 0.3 is 0 Å². The summed E-state index contributed by atoms with van der Waals surface area (Å²) >= 11 is 0. The molecule has 0 bridgehead atoms. The summed E-state index contributed by atoms with van der Waals surface area (Å²) in [6.07, 6.45) is 0.934. The third-order valence-electron chi connectivity index (χ3n) is 4.05. The van der Waals surface area contributed by atoms with Gasteiger partial charge in [0.15, 0.2) is 0 Å². The van der Waals surface area contributed by atoms with Gasteiger partial charge in [-0.05, 0) is 25.8 Å². The minimum atomic E-state index is -0.786. The summed E-state index contributed by atoms with van der Waals surface area (Å²) in [5.74, 6) is -0.115. The molecule has 0 aliphatic carbocycles. The lowest BCUT2D eigenvalue weighted by Crippen LogP contribution is -2.63. The Bertz CT molecular complexity index is 519. The smallest absolute Gasteiger partial charge is 0.245 e.